The number of carbonyl (C=O) groups is 3. The van der Waals surface area contributed by atoms with Gasteiger partial charge in [-0.05, 0) is 64.2 Å². The summed E-state index contributed by atoms with van der Waals surface area (Å²) in [7, 11) is 5.54. The minimum atomic E-state index is -0.873. The SMILES string of the molecule is CCCCCCCCCCC/C=C/CCCCCCCC(=O)OC(COCCC(C(=O)O)[N+](C)(C)C)COC(=O)CCCCCCCCC/C=C/CCCCCCCCCCCCCC. The van der Waals surface area contributed by atoms with Crippen molar-refractivity contribution in [3.8, 4) is 0 Å². The van der Waals surface area contributed by atoms with Crippen molar-refractivity contribution < 1.29 is 38.2 Å². The lowest BCUT2D eigenvalue weighted by atomic mass is 10.0. The lowest BCUT2D eigenvalue weighted by Crippen LogP contribution is -2.50. The van der Waals surface area contributed by atoms with Crippen molar-refractivity contribution in [2.75, 3.05) is 41.0 Å². The summed E-state index contributed by atoms with van der Waals surface area (Å²) in [6, 6.07) is -0.616. The van der Waals surface area contributed by atoms with Crippen molar-refractivity contribution in [2.45, 2.75) is 283 Å². The molecule has 2 atom stereocenters. The summed E-state index contributed by atoms with van der Waals surface area (Å²) in [6.07, 6.45) is 56.7. The van der Waals surface area contributed by atoms with E-state index in [1.54, 1.807) is 0 Å². The lowest BCUT2D eigenvalue weighted by Gasteiger charge is -2.31. The summed E-state index contributed by atoms with van der Waals surface area (Å²) < 4.78 is 17.4. The third-order valence-corrected chi connectivity index (χ3v) is 12.8. The number of allylic oxidation sites excluding steroid dienone is 4. The summed E-state index contributed by atoms with van der Waals surface area (Å²) in [5, 5.41) is 9.67. The molecule has 382 valence electrons. The second kappa shape index (κ2) is 48.3. The number of rotatable bonds is 51. The number of hydrogen-bond acceptors (Lipinski definition) is 6. The standard InChI is InChI=1S/C57H107NO7/c1-6-8-10-12-14-16-18-20-22-24-26-27-28-29-30-32-33-35-37-39-41-43-45-47-55(59)64-52-53(51-63-50-49-54(57(61)62)58(3,4)5)65-56(60)48-46-44-42-40-38-36-34-31-25-23-21-19-17-15-13-11-9-7-2/h29-31,34,53-54H,6-28,32-33,35-52H2,1-5H3/p+1/b30-29+,34-31+. The topological polar surface area (TPSA) is 99.1 Å². The van der Waals surface area contributed by atoms with Crippen LogP contribution in [0.15, 0.2) is 24.3 Å². The van der Waals surface area contributed by atoms with Gasteiger partial charge in [0, 0.05) is 19.3 Å². The Morgan fingerprint density at radius 2 is 0.769 bits per heavy atom. The van der Waals surface area contributed by atoms with Crippen molar-refractivity contribution in [3.63, 3.8) is 0 Å². The van der Waals surface area contributed by atoms with E-state index in [4.69, 9.17) is 14.2 Å². The van der Waals surface area contributed by atoms with Crippen LogP contribution in [0.1, 0.15) is 271 Å². The number of hydrogen-bond donors (Lipinski definition) is 1. The number of esters is 2. The molecule has 0 saturated carbocycles. The number of carbonyl (C=O) groups excluding carboxylic acids is 2. The maximum Gasteiger partial charge on any atom is 0.362 e. The zero-order chi connectivity index (χ0) is 47.7. The van der Waals surface area contributed by atoms with Crippen molar-refractivity contribution in [3.05, 3.63) is 24.3 Å². The summed E-state index contributed by atoms with van der Waals surface area (Å²) in [5.41, 5.74) is 0. The quantitative estimate of drug-likeness (QED) is 0.0281. The van der Waals surface area contributed by atoms with Crippen LogP contribution in [0.3, 0.4) is 0 Å². The molecule has 0 bridgehead atoms. The van der Waals surface area contributed by atoms with E-state index in [1.807, 2.05) is 21.1 Å². The molecular weight excluding hydrogens is 811 g/mol. The van der Waals surface area contributed by atoms with E-state index in [1.165, 1.54) is 186 Å². The number of likely N-dealkylation sites (N-methyl/N-ethyl adjacent to an activating group) is 1. The molecule has 0 aliphatic rings. The number of carboxylic acid groups (broad SMARTS) is 1. The highest BCUT2D eigenvalue weighted by Gasteiger charge is 2.31. The molecule has 0 radical (unpaired) electrons. The Kier molecular flexibility index (Phi) is 46.6. The number of aliphatic carboxylic acids is 1. The second-order valence-electron chi connectivity index (χ2n) is 20.2. The molecule has 0 amide bonds. The fourth-order valence-corrected chi connectivity index (χ4v) is 8.50. The van der Waals surface area contributed by atoms with E-state index in [-0.39, 0.29) is 36.2 Å². The molecule has 0 fully saturated rings. The Labute approximate surface area is 402 Å². The Morgan fingerprint density at radius 3 is 1.11 bits per heavy atom. The Morgan fingerprint density at radius 1 is 0.446 bits per heavy atom. The zero-order valence-corrected chi connectivity index (χ0v) is 43.7. The van der Waals surface area contributed by atoms with Crippen molar-refractivity contribution in [1.82, 2.24) is 0 Å². The average Bonchev–Trinajstić information content (AvgIpc) is 3.27. The van der Waals surface area contributed by atoms with Crippen LogP contribution in [0.2, 0.25) is 0 Å². The van der Waals surface area contributed by atoms with Crippen molar-refractivity contribution >= 4 is 17.9 Å². The number of carboxylic acids is 1. The van der Waals surface area contributed by atoms with Gasteiger partial charge in [-0.25, -0.2) is 4.79 Å². The van der Waals surface area contributed by atoms with Gasteiger partial charge in [0.25, 0.3) is 0 Å². The molecular formula is C57H108NO7+. The molecule has 0 aliphatic heterocycles. The van der Waals surface area contributed by atoms with Gasteiger partial charge in [0.15, 0.2) is 12.1 Å². The maximum absolute atomic E-state index is 12.8. The molecule has 0 heterocycles. The van der Waals surface area contributed by atoms with Crippen LogP contribution in [0.25, 0.3) is 0 Å². The highest BCUT2D eigenvalue weighted by molar-refractivity contribution is 5.72. The first-order valence-corrected chi connectivity index (χ1v) is 27.9. The maximum atomic E-state index is 12.8. The molecule has 8 heteroatoms. The first-order valence-electron chi connectivity index (χ1n) is 27.9. The summed E-state index contributed by atoms with van der Waals surface area (Å²) in [6.45, 7) is 4.77. The van der Waals surface area contributed by atoms with Gasteiger partial charge >= 0.3 is 17.9 Å². The normalized spacial score (nSPS) is 12.9. The van der Waals surface area contributed by atoms with Crippen LogP contribution in [-0.2, 0) is 28.6 Å². The van der Waals surface area contributed by atoms with E-state index < -0.39 is 18.1 Å². The highest BCUT2D eigenvalue weighted by Crippen LogP contribution is 2.16. The van der Waals surface area contributed by atoms with Crippen LogP contribution < -0.4 is 0 Å². The van der Waals surface area contributed by atoms with Crippen molar-refractivity contribution in [2.24, 2.45) is 0 Å². The molecule has 0 saturated heterocycles. The molecule has 0 aliphatic carbocycles. The predicted octanol–water partition coefficient (Wildman–Crippen LogP) is 16.4. The third-order valence-electron chi connectivity index (χ3n) is 12.8. The van der Waals surface area contributed by atoms with Crippen LogP contribution in [0, 0.1) is 0 Å². The molecule has 8 nitrogen and oxygen atoms in total. The van der Waals surface area contributed by atoms with E-state index >= 15 is 0 Å². The molecule has 65 heavy (non-hydrogen) atoms. The van der Waals surface area contributed by atoms with E-state index in [0.29, 0.717) is 19.3 Å². The Hall–Kier alpha value is -2.19. The second-order valence-corrected chi connectivity index (χ2v) is 20.2. The van der Waals surface area contributed by atoms with E-state index in [0.717, 1.165) is 51.4 Å². The molecule has 0 aromatic rings. The minimum Gasteiger partial charge on any atom is -0.477 e. The molecule has 0 rings (SSSR count). The average molecular weight is 919 g/mol. The van der Waals surface area contributed by atoms with Gasteiger partial charge in [0.2, 0.25) is 0 Å². The van der Waals surface area contributed by atoms with Gasteiger partial charge in [-0.1, -0.05) is 212 Å². The smallest absolute Gasteiger partial charge is 0.362 e. The molecule has 1 N–H and O–H groups in total. The van der Waals surface area contributed by atoms with Crippen molar-refractivity contribution in [1.29, 1.82) is 0 Å². The fraction of sp³-hybridized carbons (Fsp3) is 0.877. The largest absolute Gasteiger partial charge is 0.477 e. The van der Waals surface area contributed by atoms with Gasteiger partial charge in [-0.15, -0.1) is 0 Å². The molecule has 0 spiro atoms. The first-order chi connectivity index (χ1) is 31.6. The van der Waals surface area contributed by atoms with Crippen LogP contribution in [0.5, 0.6) is 0 Å². The number of unbranched alkanes of at least 4 members (excludes halogenated alkanes) is 33. The summed E-state index contributed by atoms with van der Waals surface area (Å²) in [4.78, 5) is 37.2. The van der Waals surface area contributed by atoms with Crippen LogP contribution in [0.4, 0.5) is 0 Å². The third kappa shape index (κ3) is 46.7. The van der Waals surface area contributed by atoms with Gasteiger partial charge in [-0.3, -0.25) is 9.59 Å². The highest BCUT2D eigenvalue weighted by atomic mass is 16.6. The molecule has 2 unspecified atom stereocenters. The van der Waals surface area contributed by atoms with E-state index in [2.05, 4.69) is 38.2 Å². The predicted molar refractivity (Wildman–Crippen MR) is 275 cm³/mol. The molecule has 0 aromatic heterocycles. The monoisotopic (exact) mass is 919 g/mol. The van der Waals surface area contributed by atoms with Gasteiger partial charge < -0.3 is 23.8 Å². The van der Waals surface area contributed by atoms with Crippen LogP contribution in [-0.4, -0.2) is 80.6 Å². The number of ether oxygens (including phenoxy) is 3. The minimum absolute atomic E-state index is 0.0529. The van der Waals surface area contributed by atoms with Gasteiger partial charge in [0.1, 0.15) is 6.61 Å². The Bertz CT molecular complexity index is 1120. The summed E-state index contributed by atoms with van der Waals surface area (Å²) >= 11 is 0. The summed E-state index contributed by atoms with van der Waals surface area (Å²) in [5.74, 6) is -1.47. The lowest BCUT2D eigenvalue weighted by molar-refractivity contribution is -0.887. The number of nitrogens with zero attached hydrogens (tertiary/aromatic N) is 1. The van der Waals surface area contributed by atoms with Gasteiger partial charge in [0.05, 0.1) is 34.4 Å². The first kappa shape index (κ1) is 62.8. The van der Waals surface area contributed by atoms with Gasteiger partial charge in [-0.2, -0.15) is 0 Å². The van der Waals surface area contributed by atoms with Crippen LogP contribution >= 0.6 is 0 Å². The zero-order valence-electron chi connectivity index (χ0n) is 43.7. The fourth-order valence-electron chi connectivity index (χ4n) is 8.50. The molecule has 0 aromatic carbocycles. The van der Waals surface area contributed by atoms with E-state index in [9.17, 15) is 19.5 Å². The number of quaternary nitrogens is 1. The Balaban J connectivity index is 4.18.